The Bertz CT molecular complexity index is 775. The number of benzene rings is 2. The fraction of sp³-hybridized carbons (Fsp3) is 0.350. The molecule has 0 aliphatic carbocycles. The molecule has 1 aliphatic rings. The molecule has 0 aromatic heterocycles. The van der Waals surface area contributed by atoms with Gasteiger partial charge in [0.05, 0.1) is 17.7 Å². The van der Waals surface area contributed by atoms with Crippen molar-refractivity contribution < 1.29 is 14.3 Å². The van der Waals surface area contributed by atoms with Crippen molar-refractivity contribution in [2.45, 2.75) is 0 Å². The van der Waals surface area contributed by atoms with Crippen LogP contribution in [0.15, 0.2) is 42.5 Å². The normalized spacial score (nSPS) is 14.9. The lowest BCUT2D eigenvalue weighted by molar-refractivity contribution is 0.0620. The first-order valence-electron chi connectivity index (χ1n) is 8.80. The fourth-order valence-electron chi connectivity index (χ4n) is 2.97. The van der Waals surface area contributed by atoms with E-state index in [1.54, 1.807) is 25.3 Å². The first kappa shape index (κ1) is 19.8. The molecule has 0 atom stereocenters. The average molecular weight is 409 g/mol. The molecule has 3 rings (SSSR count). The van der Waals surface area contributed by atoms with E-state index in [9.17, 15) is 4.79 Å². The van der Waals surface area contributed by atoms with Gasteiger partial charge in [-0.1, -0.05) is 23.2 Å². The topological polar surface area (TPSA) is 42.0 Å². The molecular formula is C20H22Cl2N2O3. The minimum atomic E-state index is -0.0502. The molecule has 0 bridgehead atoms. The van der Waals surface area contributed by atoms with Crippen LogP contribution in [0.3, 0.4) is 0 Å². The lowest BCUT2D eigenvalue weighted by atomic mass is 10.2. The van der Waals surface area contributed by atoms with Gasteiger partial charge in [0.2, 0.25) is 0 Å². The maximum absolute atomic E-state index is 12.6. The van der Waals surface area contributed by atoms with Crippen LogP contribution in [-0.2, 0) is 0 Å². The SMILES string of the molecule is COc1ccc(OCCN2CCN(C(=O)c3ccc(Cl)cc3Cl)CC2)cc1. The Balaban J connectivity index is 1.43. The lowest BCUT2D eigenvalue weighted by Gasteiger charge is -2.34. The van der Waals surface area contributed by atoms with Crippen LogP contribution in [0.2, 0.25) is 10.0 Å². The second kappa shape index (κ2) is 9.31. The molecule has 1 aliphatic heterocycles. The third-order valence-corrected chi connectivity index (χ3v) is 5.10. The predicted octanol–water partition coefficient (Wildman–Crippen LogP) is 3.84. The number of amides is 1. The average Bonchev–Trinajstić information content (AvgIpc) is 2.68. The minimum absolute atomic E-state index is 0.0502. The highest BCUT2D eigenvalue weighted by Crippen LogP contribution is 2.23. The van der Waals surface area contributed by atoms with Crippen molar-refractivity contribution in [3.05, 3.63) is 58.1 Å². The number of rotatable bonds is 6. The number of hydrogen-bond acceptors (Lipinski definition) is 4. The Labute approximate surface area is 169 Å². The molecule has 7 heteroatoms. The van der Waals surface area contributed by atoms with Crippen LogP contribution in [0.1, 0.15) is 10.4 Å². The van der Waals surface area contributed by atoms with Crippen LogP contribution in [0, 0.1) is 0 Å². The van der Waals surface area contributed by atoms with Gasteiger partial charge in [-0.25, -0.2) is 0 Å². The van der Waals surface area contributed by atoms with Crippen molar-refractivity contribution in [2.24, 2.45) is 0 Å². The van der Waals surface area contributed by atoms with Gasteiger partial charge in [-0.15, -0.1) is 0 Å². The van der Waals surface area contributed by atoms with E-state index in [0.717, 1.165) is 31.1 Å². The highest BCUT2D eigenvalue weighted by Gasteiger charge is 2.23. The Morgan fingerprint density at radius 3 is 2.30 bits per heavy atom. The predicted molar refractivity (Wildman–Crippen MR) is 107 cm³/mol. The van der Waals surface area contributed by atoms with E-state index >= 15 is 0 Å². The van der Waals surface area contributed by atoms with Crippen molar-refractivity contribution in [3.63, 3.8) is 0 Å². The van der Waals surface area contributed by atoms with Crippen LogP contribution in [0.25, 0.3) is 0 Å². The molecular weight excluding hydrogens is 387 g/mol. The molecule has 5 nitrogen and oxygen atoms in total. The van der Waals surface area contributed by atoms with Gasteiger partial charge in [0.15, 0.2) is 0 Å². The fourth-order valence-corrected chi connectivity index (χ4v) is 3.46. The highest BCUT2D eigenvalue weighted by molar-refractivity contribution is 6.36. The number of ether oxygens (including phenoxy) is 2. The van der Waals surface area contributed by atoms with E-state index in [-0.39, 0.29) is 5.91 Å². The molecule has 1 fully saturated rings. The van der Waals surface area contributed by atoms with Crippen LogP contribution in [-0.4, -0.2) is 62.1 Å². The molecule has 0 spiro atoms. The molecule has 0 radical (unpaired) electrons. The monoisotopic (exact) mass is 408 g/mol. The summed E-state index contributed by atoms with van der Waals surface area (Å²) in [5.41, 5.74) is 0.498. The zero-order chi connectivity index (χ0) is 19.2. The van der Waals surface area contributed by atoms with Crippen LogP contribution >= 0.6 is 23.2 Å². The summed E-state index contributed by atoms with van der Waals surface area (Å²) in [6.45, 7) is 4.37. The van der Waals surface area contributed by atoms with Gasteiger partial charge in [0.1, 0.15) is 18.1 Å². The Kier molecular flexibility index (Phi) is 6.83. The standard InChI is InChI=1S/C20H22Cl2N2O3/c1-26-16-3-5-17(6-4-16)27-13-12-23-8-10-24(11-9-23)20(25)18-7-2-15(21)14-19(18)22/h2-7,14H,8-13H2,1H3. The maximum atomic E-state index is 12.6. The van der Waals surface area contributed by atoms with Gasteiger partial charge in [-0.2, -0.15) is 0 Å². The Hall–Kier alpha value is -1.95. The zero-order valence-corrected chi connectivity index (χ0v) is 16.7. The third-order valence-electron chi connectivity index (χ3n) is 4.56. The van der Waals surface area contributed by atoms with Crippen molar-refractivity contribution in [1.29, 1.82) is 0 Å². The lowest BCUT2D eigenvalue weighted by Crippen LogP contribution is -2.49. The maximum Gasteiger partial charge on any atom is 0.255 e. The van der Waals surface area contributed by atoms with E-state index < -0.39 is 0 Å². The van der Waals surface area contributed by atoms with E-state index in [1.165, 1.54) is 0 Å². The summed E-state index contributed by atoms with van der Waals surface area (Å²) in [5.74, 6) is 1.58. The molecule has 0 unspecified atom stereocenters. The van der Waals surface area contributed by atoms with Gasteiger partial charge in [0, 0.05) is 37.7 Å². The van der Waals surface area contributed by atoms with E-state index in [1.807, 2.05) is 29.2 Å². The summed E-state index contributed by atoms with van der Waals surface area (Å²) < 4.78 is 10.9. The van der Waals surface area contributed by atoms with Crippen molar-refractivity contribution in [1.82, 2.24) is 9.80 Å². The molecule has 1 heterocycles. The molecule has 144 valence electrons. The van der Waals surface area contributed by atoms with Gasteiger partial charge < -0.3 is 14.4 Å². The molecule has 2 aromatic carbocycles. The molecule has 27 heavy (non-hydrogen) atoms. The van der Waals surface area contributed by atoms with Crippen LogP contribution in [0.4, 0.5) is 0 Å². The Morgan fingerprint density at radius 2 is 1.67 bits per heavy atom. The summed E-state index contributed by atoms with van der Waals surface area (Å²) in [7, 11) is 1.64. The smallest absolute Gasteiger partial charge is 0.255 e. The second-order valence-electron chi connectivity index (χ2n) is 6.28. The molecule has 2 aromatic rings. The summed E-state index contributed by atoms with van der Waals surface area (Å²) in [6, 6.07) is 12.5. The first-order chi connectivity index (χ1) is 13.1. The number of carbonyl (C=O) groups excluding carboxylic acids is 1. The van der Waals surface area contributed by atoms with Gasteiger partial charge in [-0.3, -0.25) is 9.69 Å². The summed E-state index contributed by atoms with van der Waals surface area (Å²) in [5, 5.41) is 0.918. The summed E-state index contributed by atoms with van der Waals surface area (Å²) in [6.07, 6.45) is 0. The highest BCUT2D eigenvalue weighted by atomic mass is 35.5. The zero-order valence-electron chi connectivity index (χ0n) is 15.2. The van der Waals surface area contributed by atoms with Crippen molar-refractivity contribution >= 4 is 29.1 Å². The molecule has 1 saturated heterocycles. The number of nitrogens with zero attached hydrogens (tertiary/aromatic N) is 2. The van der Waals surface area contributed by atoms with Gasteiger partial charge in [0.25, 0.3) is 5.91 Å². The van der Waals surface area contributed by atoms with E-state index in [0.29, 0.717) is 35.3 Å². The van der Waals surface area contributed by atoms with Crippen LogP contribution in [0.5, 0.6) is 11.5 Å². The van der Waals surface area contributed by atoms with Crippen LogP contribution < -0.4 is 9.47 Å². The second-order valence-corrected chi connectivity index (χ2v) is 7.13. The van der Waals surface area contributed by atoms with Gasteiger partial charge in [-0.05, 0) is 42.5 Å². The minimum Gasteiger partial charge on any atom is -0.497 e. The van der Waals surface area contributed by atoms with E-state index in [2.05, 4.69) is 4.90 Å². The van der Waals surface area contributed by atoms with Gasteiger partial charge >= 0.3 is 0 Å². The first-order valence-corrected chi connectivity index (χ1v) is 9.56. The molecule has 1 amide bonds. The summed E-state index contributed by atoms with van der Waals surface area (Å²) in [4.78, 5) is 16.8. The number of halogens is 2. The van der Waals surface area contributed by atoms with E-state index in [4.69, 9.17) is 32.7 Å². The quantitative estimate of drug-likeness (QED) is 0.727. The number of hydrogen-bond donors (Lipinski definition) is 0. The third kappa shape index (κ3) is 5.28. The number of piperazine rings is 1. The molecule has 0 N–H and O–H groups in total. The number of methoxy groups -OCH3 is 1. The van der Waals surface area contributed by atoms with Crippen molar-refractivity contribution in [3.8, 4) is 11.5 Å². The largest absolute Gasteiger partial charge is 0.497 e. The Morgan fingerprint density at radius 1 is 1.00 bits per heavy atom. The number of carbonyl (C=O) groups is 1. The molecule has 0 saturated carbocycles. The van der Waals surface area contributed by atoms with Crippen molar-refractivity contribution in [2.75, 3.05) is 46.4 Å². The summed E-state index contributed by atoms with van der Waals surface area (Å²) >= 11 is 12.1.